The number of carbonyl (C=O) groups is 1. The van der Waals surface area contributed by atoms with Gasteiger partial charge in [0.15, 0.2) is 5.96 Å². The summed E-state index contributed by atoms with van der Waals surface area (Å²) >= 11 is 0. The molecule has 3 aromatic rings. The summed E-state index contributed by atoms with van der Waals surface area (Å²) < 4.78 is 7.02. The molecule has 30 heavy (non-hydrogen) atoms. The highest BCUT2D eigenvalue weighted by molar-refractivity contribution is 14.0. The van der Waals surface area contributed by atoms with Gasteiger partial charge in [-0.3, -0.25) is 4.79 Å². The number of rotatable bonds is 9. The molecule has 9 heteroatoms. The maximum absolute atomic E-state index is 11.9. The number of nitrogens with one attached hydrogen (secondary N) is 3. The molecular formula is C21H27IN6O2. The van der Waals surface area contributed by atoms with E-state index in [9.17, 15) is 4.79 Å². The van der Waals surface area contributed by atoms with E-state index in [-0.39, 0.29) is 36.4 Å². The number of halogens is 1. The summed E-state index contributed by atoms with van der Waals surface area (Å²) in [6, 6.07) is 13.8. The molecule has 0 saturated carbocycles. The lowest BCUT2D eigenvalue weighted by atomic mass is 10.1. The zero-order valence-corrected chi connectivity index (χ0v) is 19.2. The number of aliphatic imine (C=N–C) groups is 1. The van der Waals surface area contributed by atoms with Crippen molar-refractivity contribution in [3.05, 3.63) is 72.4 Å². The fourth-order valence-corrected chi connectivity index (χ4v) is 2.71. The first-order valence-corrected chi connectivity index (χ1v) is 9.65. The normalized spacial score (nSPS) is 10.9. The third kappa shape index (κ3) is 7.54. The molecule has 2 aromatic heterocycles. The molecule has 0 aliphatic carbocycles. The van der Waals surface area contributed by atoms with Gasteiger partial charge in [-0.15, -0.1) is 24.0 Å². The zero-order chi connectivity index (χ0) is 20.3. The molecule has 1 amide bonds. The van der Waals surface area contributed by atoms with Crippen molar-refractivity contribution in [2.45, 2.75) is 19.9 Å². The molecule has 3 rings (SSSR count). The second-order valence-corrected chi connectivity index (χ2v) is 6.35. The summed E-state index contributed by atoms with van der Waals surface area (Å²) in [5, 5.41) is 13.4. The zero-order valence-electron chi connectivity index (χ0n) is 16.9. The Morgan fingerprint density at radius 2 is 1.97 bits per heavy atom. The van der Waals surface area contributed by atoms with Crippen LogP contribution in [0.25, 0.3) is 5.69 Å². The van der Waals surface area contributed by atoms with Crippen molar-refractivity contribution in [1.29, 1.82) is 0 Å². The van der Waals surface area contributed by atoms with Gasteiger partial charge in [-0.25, -0.2) is 9.67 Å². The summed E-state index contributed by atoms with van der Waals surface area (Å²) in [6.45, 7) is 3.83. The molecule has 0 saturated heterocycles. The van der Waals surface area contributed by atoms with Crippen LogP contribution in [0.5, 0.6) is 0 Å². The van der Waals surface area contributed by atoms with Crippen molar-refractivity contribution in [3.63, 3.8) is 0 Å². The minimum absolute atomic E-state index is 0. The van der Waals surface area contributed by atoms with Crippen LogP contribution >= 0.6 is 24.0 Å². The van der Waals surface area contributed by atoms with Gasteiger partial charge in [0.1, 0.15) is 12.3 Å². The fourth-order valence-electron chi connectivity index (χ4n) is 2.71. The van der Waals surface area contributed by atoms with E-state index >= 15 is 0 Å². The molecule has 0 spiro atoms. The number of nitrogens with zero attached hydrogens (tertiary/aromatic N) is 3. The molecule has 160 valence electrons. The number of aromatic nitrogens is 2. The van der Waals surface area contributed by atoms with Crippen molar-refractivity contribution in [3.8, 4) is 5.69 Å². The maximum Gasteiger partial charge on any atom is 0.242 e. The van der Waals surface area contributed by atoms with Crippen LogP contribution in [0.2, 0.25) is 0 Å². The minimum atomic E-state index is -0.159. The van der Waals surface area contributed by atoms with E-state index in [1.165, 1.54) is 5.56 Å². The van der Waals surface area contributed by atoms with E-state index in [4.69, 9.17) is 4.42 Å². The van der Waals surface area contributed by atoms with Gasteiger partial charge in [-0.1, -0.05) is 12.1 Å². The van der Waals surface area contributed by atoms with Crippen LogP contribution in [0.1, 0.15) is 18.2 Å². The smallest absolute Gasteiger partial charge is 0.242 e. The van der Waals surface area contributed by atoms with E-state index in [0.717, 1.165) is 18.7 Å². The van der Waals surface area contributed by atoms with Crippen molar-refractivity contribution < 1.29 is 9.21 Å². The number of carbonyl (C=O) groups excluding carboxylic acids is 1. The molecular weight excluding hydrogens is 495 g/mol. The molecule has 0 atom stereocenters. The van der Waals surface area contributed by atoms with Gasteiger partial charge in [0, 0.05) is 25.5 Å². The largest absolute Gasteiger partial charge is 0.467 e. The number of hydrogen-bond donors (Lipinski definition) is 3. The third-order valence-corrected chi connectivity index (χ3v) is 4.18. The van der Waals surface area contributed by atoms with Crippen LogP contribution in [0.15, 0.2) is 70.5 Å². The van der Waals surface area contributed by atoms with Gasteiger partial charge in [-0.2, -0.15) is 5.10 Å². The first-order chi connectivity index (χ1) is 14.2. The van der Waals surface area contributed by atoms with Crippen molar-refractivity contribution >= 4 is 35.8 Å². The van der Waals surface area contributed by atoms with Crippen LogP contribution in [0, 0.1) is 0 Å². The Hall–Kier alpha value is -2.82. The highest BCUT2D eigenvalue weighted by Crippen LogP contribution is 2.08. The quantitative estimate of drug-likeness (QED) is 0.228. The monoisotopic (exact) mass is 522 g/mol. The SMILES string of the molecule is CCNC(=NCC(=O)NCc1ccco1)NCCc1ccc(-n2cccn2)cc1.I. The van der Waals surface area contributed by atoms with Crippen LogP contribution < -0.4 is 16.0 Å². The average molecular weight is 522 g/mol. The van der Waals surface area contributed by atoms with E-state index < -0.39 is 0 Å². The predicted octanol–water partition coefficient (Wildman–Crippen LogP) is 2.50. The Morgan fingerprint density at radius 1 is 1.13 bits per heavy atom. The third-order valence-electron chi connectivity index (χ3n) is 4.18. The molecule has 2 heterocycles. The Bertz CT molecular complexity index is 892. The fraction of sp³-hybridized carbons (Fsp3) is 0.286. The number of amides is 1. The van der Waals surface area contributed by atoms with Gasteiger partial charge in [0.25, 0.3) is 0 Å². The topological polar surface area (TPSA) is 96.5 Å². The maximum atomic E-state index is 11.9. The molecule has 8 nitrogen and oxygen atoms in total. The molecule has 0 radical (unpaired) electrons. The van der Waals surface area contributed by atoms with Crippen molar-refractivity contribution in [2.24, 2.45) is 4.99 Å². The molecule has 3 N–H and O–H groups in total. The van der Waals surface area contributed by atoms with E-state index in [0.29, 0.717) is 24.8 Å². The summed E-state index contributed by atoms with van der Waals surface area (Å²) in [7, 11) is 0. The molecule has 0 unspecified atom stereocenters. The van der Waals surface area contributed by atoms with Crippen LogP contribution in [0.3, 0.4) is 0 Å². The van der Waals surface area contributed by atoms with Gasteiger partial charge < -0.3 is 20.4 Å². The minimum Gasteiger partial charge on any atom is -0.467 e. The molecule has 0 bridgehead atoms. The summed E-state index contributed by atoms with van der Waals surface area (Å²) in [6.07, 6.45) is 6.10. The number of furan rings is 1. The highest BCUT2D eigenvalue weighted by atomic mass is 127. The Balaban J connectivity index is 0.00000320. The lowest BCUT2D eigenvalue weighted by molar-refractivity contribution is -0.119. The number of benzene rings is 1. The van der Waals surface area contributed by atoms with Gasteiger partial charge in [0.05, 0.1) is 18.5 Å². The van der Waals surface area contributed by atoms with E-state index in [1.807, 2.05) is 42.1 Å². The Morgan fingerprint density at radius 3 is 2.63 bits per heavy atom. The predicted molar refractivity (Wildman–Crippen MR) is 127 cm³/mol. The van der Waals surface area contributed by atoms with E-state index in [1.54, 1.807) is 18.5 Å². The summed E-state index contributed by atoms with van der Waals surface area (Å²) in [4.78, 5) is 16.3. The molecule has 0 aliphatic rings. The first kappa shape index (κ1) is 23.5. The van der Waals surface area contributed by atoms with Crippen LogP contribution in [-0.4, -0.2) is 41.3 Å². The second kappa shape index (κ2) is 12.7. The number of guanidine groups is 1. The molecule has 0 aliphatic heterocycles. The average Bonchev–Trinajstić information content (AvgIpc) is 3.45. The number of hydrogen-bond acceptors (Lipinski definition) is 4. The van der Waals surface area contributed by atoms with Crippen LogP contribution in [-0.2, 0) is 17.8 Å². The highest BCUT2D eigenvalue weighted by Gasteiger charge is 2.04. The van der Waals surface area contributed by atoms with Crippen molar-refractivity contribution in [2.75, 3.05) is 19.6 Å². The van der Waals surface area contributed by atoms with Gasteiger partial charge in [0.2, 0.25) is 5.91 Å². The Kier molecular flexibility index (Phi) is 9.92. The van der Waals surface area contributed by atoms with Gasteiger partial charge in [-0.05, 0) is 49.2 Å². The van der Waals surface area contributed by atoms with E-state index in [2.05, 4.69) is 38.2 Å². The second-order valence-electron chi connectivity index (χ2n) is 6.35. The first-order valence-electron chi connectivity index (χ1n) is 9.65. The standard InChI is InChI=1S/C21H26N6O2.HI/c1-2-22-21(25-16-20(28)24-15-19-5-3-14-29-19)23-12-10-17-6-8-18(9-7-17)27-13-4-11-26-27;/h3-9,11,13-14H,2,10,12,15-16H2,1H3,(H,24,28)(H2,22,23,25);1H. The lowest BCUT2D eigenvalue weighted by Crippen LogP contribution is -2.39. The van der Waals surface area contributed by atoms with Gasteiger partial charge >= 0.3 is 0 Å². The van der Waals surface area contributed by atoms with Crippen LogP contribution in [0.4, 0.5) is 0 Å². The Labute approximate surface area is 193 Å². The summed E-state index contributed by atoms with van der Waals surface area (Å²) in [5.41, 5.74) is 2.24. The summed E-state index contributed by atoms with van der Waals surface area (Å²) in [5.74, 6) is 1.17. The molecule has 0 fully saturated rings. The van der Waals surface area contributed by atoms with Crippen molar-refractivity contribution in [1.82, 2.24) is 25.7 Å². The lowest BCUT2D eigenvalue weighted by Gasteiger charge is -2.11. The molecule has 1 aromatic carbocycles.